The van der Waals surface area contributed by atoms with Gasteiger partial charge in [0, 0.05) is 23.4 Å². The second-order valence-corrected chi connectivity index (χ2v) is 8.73. The summed E-state index contributed by atoms with van der Waals surface area (Å²) in [6.45, 7) is 3.03. The molecule has 25 heavy (non-hydrogen) atoms. The Hall–Kier alpha value is -1.58. The van der Waals surface area contributed by atoms with E-state index in [1.54, 1.807) is 0 Å². The Balaban J connectivity index is 1.64. The van der Waals surface area contributed by atoms with Crippen LogP contribution in [0.5, 0.6) is 0 Å². The molecule has 1 aliphatic heterocycles. The molecular weight excluding hydrogens is 342 g/mol. The standard InChI is InChI=1S/C22H23NS2/c1-16-11-13-18(14-12-16)21-19-9-5-6-10-20(19)23(22(24)25-21)15-17-7-3-2-4-8-17/h2-4,7-8,10-14,19,21H,5-6,9,15H2,1H3/t19-,21+/m0/s1. The van der Waals surface area contributed by atoms with Crippen LogP contribution in [0.25, 0.3) is 0 Å². The number of nitrogens with zero attached hydrogens (tertiary/aromatic N) is 1. The molecule has 0 N–H and O–H groups in total. The maximum atomic E-state index is 5.85. The van der Waals surface area contributed by atoms with E-state index in [0.717, 1.165) is 10.9 Å². The smallest absolute Gasteiger partial charge is 0.141 e. The maximum Gasteiger partial charge on any atom is 0.141 e. The number of aryl methyl sites for hydroxylation is 1. The number of thioether (sulfide) groups is 1. The van der Waals surface area contributed by atoms with Crippen molar-refractivity contribution >= 4 is 28.3 Å². The molecular formula is C22H23NS2. The molecule has 4 rings (SSSR count). The van der Waals surface area contributed by atoms with Crippen LogP contribution >= 0.6 is 24.0 Å². The van der Waals surface area contributed by atoms with Gasteiger partial charge in [0.2, 0.25) is 0 Å². The summed E-state index contributed by atoms with van der Waals surface area (Å²) < 4.78 is 1.01. The van der Waals surface area contributed by atoms with Gasteiger partial charge in [0.25, 0.3) is 0 Å². The lowest BCUT2D eigenvalue weighted by Crippen LogP contribution is -2.38. The number of thiocarbonyl (C=S) groups is 1. The number of allylic oxidation sites excluding steroid dienone is 2. The minimum atomic E-state index is 0.451. The van der Waals surface area contributed by atoms with E-state index in [-0.39, 0.29) is 0 Å². The second-order valence-electron chi connectivity index (χ2n) is 6.95. The van der Waals surface area contributed by atoms with E-state index in [4.69, 9.17) is 12.2 Å². The molecule has 1 aliphatic carbocycles. The molecule has 0 saturated carbocycles. The number of hydrogen-bond donors (Lipinski definition) is 0. The van der Waals surface area contributed by atoms with E-state index in [2.05, 4.69) is 72.5 Å². The van der Waals surface area contributed by atoms with E-state index in [1.165, 1.54) is 41.6 Å². The molecule has 1 nitrogen and oxygen atoms in total. The largest absolute Gasteiger partial charge is 0.327 e. The normalized spacial score (nSPS) is 23.2. The Morgan fingerprint density at radius 3 is 2.60 bits per heavy atom. The van der Waals surface area contributed by atoms with Gasteiger partial charge in [-0.25, -0.2) is 0 Å². The van der Waals surface area contributed by atoms with Crippen LogP contribution < -0.4 is 0 Å². The molecule has 2 aliphatic rings. The summed E-state index contributed by atoms with van der Waals surface area (Å²) in [5, 5.41) is 0.451. The van der Waals surface area contributed by atoms with Gasteiger partial charge in [-0.15, -0.1) is 0 Å². The lowest BCUT2D eigenvalue weighted by Gasteiger charge is -2.44. The number of rotatable bonds is 3. The molecule has 2 aromatic rings. The number of fused-ring (bicyclic) bond motifs is 1. The third-order valence-electron chi connectivity index (χ3n) is 5.17. The Morgan fingerprint density at radius 1 is 1.08 bits per heavy atom. The first-order valence-electron chi connectivity index (χ1n) is 9.01. The van der Waals surface area contributed by atoms with Crippen LogP contribution in [0.15, 0.2) is 66.4 Å². The van der Waals surface area contributed by atoms with E-state index in [0.29, 0.717) is 11.2 Å². The zero-order chi connectivity index (χ0) is 17.2. The Labute approximate surface area is 160 Å². The van der Waals surface area contributed by atoms with Crippen molar-refractivity contribution in [3.8, 4) is 0 Å². The summed E-state index contributed by atoms with van der Waals surface area (Å²) in [6.07, 6.45) is 6.14. The minimum absolute atomic E-state index is 0.451. The van der Waals surface area contributed by atoms with Gasteiger partial charge < -0.3 is 4.90 Å². The monoisotopic (exact) mass is 365 g/mol. The molecule has 0 radical (unpaired) electrons. The minimum Gasteiger partial charge on any atom is -0.327 e. The van der Waals surface area contributed by atoms with Crippen LogP contribution in [0, 0.1) is 12.8 Å². The Morgan fingerprint density at radius 2 is 1.84 bits per heavy atom. The highest BCUT2D eigenvalue weighted by atomic mass is 32.2. The van der Waals surface area contributed by atoms with Gasteiger partial charge in [0.1, 0.15) is 4.32 Å². The molecule has 0 bridgehead atoms. The highest BCUT2D eigenvalue weighted by Crippen LogP contribution is 2.50. The molecule has 0 amide bonds. The van der Waals surface area contributed by atoms with E-state index < -0.39 is 0 Å². The van der Waals surface area contributed by atoms with Gasteiger partial charge >= 0.3 is 0 Å². The van der Waals surface area contributed by atoms with Crippen molar-refractivity contribution < 1.29 is 0 Å². The molecule has 0 spiro atoms. The summed E-state index contributed by atoms with van der Waals surface area (Å²) in [4.78, 5) is 2.38. The second kappa shape index (κ2) is 7.35. The summed E-state index contributed by atoms with van der Waals surface area (Å²) in [5.74, 6) is 0.567. The molecule has 128 valence electrons. The molecule has 0 unspecified atom stereocenters. The Kier molecular flexibility index (Phi) is 4.96. The van der Waals surface area contributed by atoms with E-state index in [1.807, 2.05) is 11.8 Å². The molecule has 0 aromatic heterocycles. The molecule has 1 fully saturated rings. The lowest BCUT2D eigenvalue weighted by molar-refractivity contribution is 0.371. The van der Waals surface area contributed by atoms with Crippen molar-refractivity contribution in [3.63, 3.8) is 0 Å². The third-order valence-corrected chi connectivity index (χ3v) is 6.95. The fraction of sp³-hybridized carbons (Fsp3) is 0.318. The number of hydrogen-bond acceptors (Lipinski definition) is 2. The van der Waals surface area contributed by atoms with Crippen LogP contribution in [0.4, 0.5) is 0 Å². The highest BCUT2D eigenvalue weighted by molar-refractivity contribution is 8.23. The van der Waals surface area contributed by atoms with E-state index in [9.17, 15) is 0 Å². The van der Waals surface area contributed by atoms with E-state index >= 15 is 0 Å². The predicted molar refractivity (Wildman–Crippen MR) is 112 cm³/mol. The molecule has 2 atom stereocenters. The lowest BCUT2D eigenvalue weighted by atomic mass is 9.85. The first kappa shape index (κ1) is 16.9. The molecule has 1 heterocycles. The maximum absolute atomic E-state index is 5.85. The molecule has 3 heteroatoms. The molecule has 2 aromatic carbocycles. The fourth-order valence-corrected chi connectivity index (χ4v) is 5.57. The first-order valence-corrected chi connectivity index (χ1v) is 10.3. The SMILES string of the molecule is Cc1ccc([C@H]2SC(=S)N(Cc3ccccc3)C3=CCCC[C@@H]32)cc1. The topological polar surface area (TPSA) is 3.24 Å². The van der Waals surface area contributed by atoms with Crippen LogP contribution in [0.2, 0.25) is 0 Å². The van der Waals surface area contributed by atoms with Crippen LogP contribution in [-0.4, -0.2) is 9.22 Å². The van der Waals surface area contributed by atoms with Crippen molar-refractivity contribution in [2.24, 2.45) is 5.92 Å². The van der Waals surface area contributed by atoms with Crippen LogP contribution in [0.3, 0.4) is 0 Å². The van der Waals surface area contributed by atoms with Crippen molar-refractivity contribution in [3.05, 3.63) is 83.1 Å². The quantitative estimate of drug-likeness (QED) is 0.592. The van der Waals surface area contributed by atoms with Gasteiger partial charge in [-0.3, -0.25) is 0 Å². The summed E-state index contributed by atoms with van der Waals surface area (Å²) in [5.41, 5.74) is 5.50. The van der Waals surface area contributed by atoms with Gasteiger partial charge in [0.15, 0.2) is 0 Å². The van der Waals surface area contributed by atoms with Gasteiger partial charge in [-0.1, -0.05) is 90.2 Å². The van der Waals surface area contributed by atoms with Gasteiger partial charge in [-0.05, 0) is 37.3 Å². The average Bonchev–Trinajstić information content (AvgIpc) is 2.65. The van der Waals surface area contributed by atoms with Crippen molar-refractivity contribution in [1.29, 1.82) is 0 Å². The Bertz CT molecular complexity index is 779. The van der Waals surface area contributed by atoms with Crippen molar-refractivity contribution in [1.82, 2.24) is 4.90 Å². The predicted octanol–water partition coefficient (Wildman–Crippen LogP) is 6.25. The summed E-state index contributed by atoms with van der Waals surface area (Å²) >= 11 is 7.72. The average molecular weight is 366 g/mol. The first-order chi connectivity index (χ1) is 12.2. The van der Waals surface area contributed by atoms with Crippen molar-refractivity contribution in [2.45, 2.75) is 38.0 Å². The zero-order valence-electron chi connectivity index (χ0n) is 14.5. The van der Waals surface area contributed by atoms with Gasteiger partial charge in [-0.2, -0.15) is 0 Å². The number of benzene rings is 2. The van der Waals surface area contributed by atoms with Crippen LogP contribution in [-0.2, 0) is 6.54 Å². The van der Waals surface area contributed by atoms with Crippen molar-refractivity contribution in [2.75, 3.05) is 0 Å². The summed E-state index contributed by atoms with van der Waals surface area (Å²) in [6, 6.07) is 19.7. The highest BCUT2D eigenvalue weighted by Gasteiger charge is 2.38. The third kappa shape index (κ3) is 3.54. The van der Waals surface area contributed by atoms with Gasteiger partial charge in [0.05, 0.1) is 0 Å². The molecule has 1 saturated heterocycles. The fourth-order valence-electron chi connectivity index (χ4n) is 3.84. The van der Waals surface area contributed by atoms with Crippen LogP contribution in [0.1, 0.15) is 41.2 Å². The zero-order valence-corrected chi connectivity index (χ0v) is 16.2. The summed E-state index contributed by atoms with van der Waals surface area (Å²) in [7, 11) is 0.